The molecule has 0 unspecified atom stereocenters. The van der Waals surface area contributed by atoms with Crippen molar-refractivity contribution in [1.82, 2.24) is 15.3 Å². The molecule has 1 amide bonds. The molecule has 32 heavy (non-hydrogen) atoms. The van der Waals surface area contributed by atoms with Crippen molar-refractivity contribution in [3.05, 3.63) is 102 Å². The van der Waals surface area contributed by atoms with Gasteiger partial charge in [0.2, 0.25) is 5.88 Å². The third kappa shape index (κ3) is 5.29. The smallest absolute Gasteiger partial charge is 0.251 e. The molecule has 0 aliphatic carbocycles. The van der Waals surface area contributed by atoms with Gasteiger partial charge < -0.3 is 14.8 Å². The Morgan fingerprint density at radius 1 is 0.906 bits per heavy atom. The lowest BCUT2D eigenvalue weighted by molar-refractivity contribution is 0.0954. The number of benzene rings is 3. The maximum Gasteiger partial charge on any atom is 0.251 e. The van der Waals surface area contributed by atoms with Crippen molar-refractivity contribution >= 4 is 5.91 Å². The van der Waals surface area contributed by atoms with E-state index in [0.717, 1.165) is 12.0 Å². The second kappa shape index (κ2) is 10.2. The van der Waals surface area contributed by atoms with Crippen LogP contribution in [0.3, 0.4) is 0 Å². The Bertz CT molecular complexity index is 1200. The van der Waals surface area contributed by atoms with Crippen LogP contribution in [0.25, 0.3) is 11.4 Å². The molecule has 4 rings (SSSR count). The lowest BCUT2D eigenvalue weighted by atomic mass is 10.1. The van der Waals surface area contributed by atoms with E-state index in [4.69, 9.17) is 9.47 Å². The monoisotopic (exact) mass is 425 g/mol. The van der Waals surface area contributed by atoms with Gasteiger partial charge in [-0.05, 0) is 36.2 Å². The number of carbonyl (C=O) groups is 1. The maximum atomic E-state index is 12.6. The summed E-state index contributed by atoms with van der Waals surface area (Å²) in [5.41, 5.74) is 2.46. The molecule has 0 saturated heterocycles. The third-order valence-electron chi connectivity index (χ3n) is 4.84. The minimum absolute atomic E-state index is 0.135. The molecule has 3 aromatic carbocycles. The van der Waals surface area contributed by atoms with Gasteiger partial charge in [0.15, 0.2) is 17.3 Å². The summed E-state index contributed by atoms with van der Waals surface area (Å²) in [6.45, 7) is 0.561. The lowest BCUT2D eigenvalue weighted by Crippen LogP contribution is -2.25. The zero-order chi connectivity index (χ0) is 22.2. The van der Waals surface area contributed by atoms with E-state index in [-0.39, 0.29) is 5.91 Å². The fourth-order valence-electron chi connectivity index (χ4n) is 3.22. The summed E-state index contributed by atoms with van der Waals surface area (Å²) in [5.74, 6) is 1.89. The quantitative estimate of drug-likeness (QED) is 0.434. The highest BCUT2D eigenvalue weighted by molar-refractivity contribution is 5.95. The number of nitrogens with zero attached hydrogens (tertiary/aromatic N) is 2. The fraction of sp³-hybridized carbons (Fsp3) is 0.115. The third-order valence-corrected chi connectivity index (χ3v) is 4.84. The van der Waals surface area contributed by atoms with E-state index < -0.39 is 0 Å². The van der Waals surface area contributed by atoms with Crippen LogP contribution in [-0.2, 0) is 6.42 Å². The average molecular weight is 425 g/mol. The number of hydrogen-bond donors (Lipinski definition) is 1. The number of para-hydroxylation sites is 2. The SMILES string of the molecule is COc1ccccc1Oc1ccnc(-c2cccc(C(=O)NCCc3ccccc3)c2)n1. The van der Waals surface area contributed by atoms with Crippen LogP contribution < -0.4 is 14.8 Å². The number of hydrogen-bond acceptors (Lipinski definition) is 5. The van der Waals surface area contributed by atoms with Crippen LogP contribution in [0, 0.1) is 0 Å². The standard InChI is InChI=1S/C26H23N3O3/c1-31-22-12-5-6-13-23(22)32-24-15-17-27-25(29-24)20-10-7-11-21(18-20)26(30)28-16-14-19-8-3-2-4-9-19/h2-13,15,17-18H,14,16H2,1H3,(H,28,30). The van der Waals surface area contributed by atoms with Gasteiger partial charge in [0, 0.05) is 29.9 Å². The van der Waals surface area contributed by atoms with Gasteiger partial charge in [-0.25, -0.2) is 4.98 Å². The predicted molar refractivity (Wildman–Crippen MR) is 123 cm³/mol. The van der Waals surface area contributed by atoms with Crippen LogP contribution in [0.5, 0.6) is 17.4 Å². The van der Waals surface area contributed by atoms with Crippen molar-refractivity contribution in [3.63, 3.8) is 0 Å². The van der Waals surface area contributed by atoms with E-state index in [9.17, 15) is 4.79 Å². The number of methoxy groups -OCH3 is 1. The molecule has 1 N–H and O–H groups in total. The Morgan fingerprint density at radius 3 is 2.50 bits per heavy atom. The highest BCUT2D eigenvalue weighted by Crippen LogP contribution is 2.30. The highest BCUT2D eigenvalue weighted by Gasteiger charge is 2.11. The molecule has 0 spiro atoms. The molecule has 0 aliphatic rings. The number of nitrogens with one attached hydrogen (secondary N) is 1. The Labute approximate surface area is 186 Å². The van der Waals surface area contributed by atoms with E-state index in [0.29, 0.717) is 35.3 Å². The van der Waals surface area contributed by atoms with E-state index in [2.05, 4.69) is 15.3 Å². The highest BCUT2D eigenvalue weighted by atomic mass is 16.5. The molecular weight excluding hydrogens is 402 g/mol. The molecule has 0 aliphatic heterocycles. The topological polar surface area (TPSA) is 73.3 Å². The van der Waals surface area contributed by atoms with Gasteiger partial charge in [0.1, 0.15) is 0 Å². The zero-order valence-corrected chi connectivity index (χ0v) is 17.7. The second-order valence-electron chi connectivity index (χ2n) is 7.04. The van der Waals surface area contributed by atoms with Crippen molar-refractivity contribution in [2.24, 2.45) is 0 Å². The molecular formula is C26H23N3O3. The molecule has 0 atom stereocenters. The van der Waals surface area contributed by atoms with Gasteiger partial charge in [0.25, 0.3) is 5.91 Å². The summed E-state index contributed by atoms with van der Waals surface area (Å²) in [6.07, 6.45) is 2.40. The normalized spacial score (nSPS) is 10.4. The Balaban J connectivity index is 1.45. The molecule has 0 saturated carbocycles. The van der Waals surface area contributed by atoms with E-state index in [1.807, 2.05) is 60.7 Å². The van der Waals surface area contributed by atoms with Crippen molar-refractivity contribution in [2.75, 3.05) is 13.7 Å². The molecule has 1 heterocycles. The minimum Gasteiger partial charge on any atom is -0.493 e. The number of carbonyl (C=O) groups excluding carboxylic acids is 1. The van der Waals surface area contributed by atoms with Crippen molar-refractivity contribution < 1.29 is 14.3 Å². The molecule has 1 aromatic heterocycles. The molecule has 0 fully saturated rings. The van der Waals surface area contributed by atoms with Gasteiger partial charge in [0.05, 0.1) is 7.11 Å². The molecule has 0 bridgehead atoms. The average Bonchev–Trinajstić information content (AvgIpc) is 2.85. The van der Waals surface area contributed by atoms with Gasteiger partial charge in [-0.3, -0.25) is 4.79 Å². The Morgan fingerprint density at radius 2 is 1.69 bits per heavy atom. The van der Waals surface area contributed by atoms with Crippen LogP contribution in [0.4, 0.5) is 0 Å². The lowest BCUT2D eigenvalue weighted by Gasteiger charge is -2.10. The van der Waals surface area contributed by atoms with Crippen molar-refractivity contribution in [1.29, 1.82) is 0 Å². The summed E-state index contributed by atoms with van der Waals surface area (Å²) in [4.78, 5) is 21.4. The van der Waals surface area contributed by atoms with Crippen molar-refractivity contribution in [3.8, 4) is 28.8 Å². The van der Waals surface area contributed by atoms with Crippen molar-refractivity contribution in [2.45, 2.75) is 6.42 Å². The summed E-state index contributed by atoms with van der Waals surface area (Å²) in [5, 5.41) is 2.96. The summed E-state index contributed by atoms with van der Waals surface area (Å²) in [7, 11) is 1.59. The first-order chi connectivity index (χ1) is 15.7. The first-order valence-corrected chi connectivity index (χ1v) is 10.3. The van der Waals surface area contributed by atoms with Crippen LogP contribution in [0.2, 0.25) is 0 Å². The maximum absolute atomic E-state index is 12.6. The zero-order valence-electron chi connectivity index (χ0n) is 17.7. The van der Waals surface area contributed by atoms with Gasteiger partial charge in [-0.15, -0.1) is 0 Å². The van der Waals surface area contributed by atoms with Gasteiger partial charge in [-0.1, -0.05) is 54.6 Å². The Hall–Kier alpha value is -4.19. The molecule has 4 aromatic rings. The molecule has 160 valence electrons. The first-order valence-electron chi connectivity index (χ1n) is 10.3. The molecule has 0 radical (unpaired) electrons. The Kier molecular flexibility index (Phi) is 6.72. The van der Waals surface area contributed by atoms with Crippen LogP contribution in [-0.4, -0.2) is 29.5 Å². The van der Waals surface area contributed by atoms with Crippen LogP contribution in [0.1, 0.15) is 15.9 Å². The van der Waals surface area contributed by atoms with Crippen LogP contribution >= 0.6 is 0 Å². The summed E-state index contributed by atoms with van der Waals surface area (Å²) >= 11 is 0. The van der Waals surface area contributed by atoms with E-state index in [1.165, 1.54) is 5.56 Å². The number of rotatable bonds is 8. The number of aromatic nitrogens is 2. The van der Waals surface area contributed by atoms with Crippen LogP contribution in [0.15, 0.2) is 91.1 Å². The minimum atomic E-state index is -0.135. The van der Waals surface area contributed by atoms with E-state index >= 15 is 0 Å². The van der Waals surface area contributed by atoms with Gasteiger partial charge in [-0.2, -0.15) is 4.98 Å². The second-order valence-corrected chi connectivity index (χ2v) is 7.04. The number of amides is 1. The largest absolute Gasteiger partial charge is 0.493 e. The molecule has 6 heteroatoms. The predicted octanol–water partition coefficient (Wildman–Crippen LogP) is 4.92. The van der Waals surface area contributed by atoms with E-state index in [1.54, 1.807) is 37.6 Å². The summed E-state index contributed by atoms with van der Waals surface area (Å²) < 4.78 is 11.2. The fourth-order valence-corrected chi connectivity index (χ4v) is 3.22. The summed E-state index contributed by atoms with van der Waals surface area (Å²) in [6, 6.07) is 26.3. The van der Waals surface area contributed by atoms with Gasteiger partial charge >= 0.3 is 0 Å². The molecule has 6 nitrogen and oxygen atoms in total. The number of ether oxygens (including phenoxy) is 2. The first kappa shape index (κ1) is 21.1.